The Bertz CT molecular complexity index is 540. The van der Waals surface area contributed by atoms with Crippen LogP contribution in [0.1, 0.15) is 42.8 Å². The normalized spacial score (nSPS) is 13.8. The average molecular weight is 240 g/mol. The summed E-state index contributed by atoms with van der Waals surface area (Å²) in [5.41, 5.74) is 1.79. The van der Waals surface area contributed by atoms with Crippen LogP contribution in [0.15, 0.2) is 47.1 Å². The molecule has 0 radical (unpaired) electrons. The molecule has 3 heteroatoms. The van der Waals surface area contributed by atoms with E-state index in [9.17, 15) is 0 Å². The fraction of sp³-hybridized carbons (Fsp3) is 0.267. The van der Waals surface area contributed by atoms with E-state index in [0.717, 1.165) is 11.3 Å². The lowest BCUT2D eigenvalue weighted by molar-refractivity contribution is 0.403. The van der Waals surface area contributed by atoms with Gasteiger partial charge in [-0.15, -0.1) is 0 Å². The Hall–Kier alpha value is -2.05. The van der Waals surface area contributed by atoms with Gasteiger partial charge < -0.3 is 9.73 Å². The summed E-state index contributed by atoms with van der Waals surface area (Å²) in [6.45, 7) is 4.14. The highest BCUT2D eigenvalue weighted by molar-refractivity contribution is 5.34. The van der Waals surface area contributed by atoms with E-state index in [1.807, 2.05) is 36.4 Å². The summed E-state index contributed by atoms with van der Waals surface area (Å²) in [6.07, 6.45) is 1.68. The molecule has 1 N–H and O–H groups in total. The number of rotatable bonds is 4. The molecule has 2 rings (SSSR count). The van der Waals surface area contributed by atoms with Crippen LogP contribution >= 0.6 is 0 Å². The highest BCUT2D eigenvalue weighted by Gasteiger charge is 2.13. The molecule has 0 bridgehead atoms. The number of hydrogen-bond acceptors (Lipinski definition) is 3. The maximum Gasteiger partial charge on any atom is 0.120 e. The second kappa shape index (κ2) is 5.52. The van der Waals surface area contributed by atoms with Crippen molar-refractivity contribution in [3.8, 4) is 6.07 Å². The Morgan fingerprint density at radius 2 is 2.00 bits per heavy atom. The summed E-state index contributed by atoms with van der Waals surface area (Å²) >= 11 is 0. The van der Waals surface area contributed by atoms with Gasteiger partial charge in [-0.3, -0.25) is 0 Å². The Balaban J connectivity index is 2.07. The molecule has 92 valence electrons. The lowest BCUT2D eigenvalue weighted by atomic mass is 10.0. The number of furan rings is 1. The predicted octanol–water partition coefficient (Wildman–Crippen LogP) is 3.56. The van der Waals surface area contributed by atoms with E-state index in [1.54, 1.807) is 6.26 Å². The fourth-order valence-electron chi connectivity index (χ4n) is 1.97. The van der Waals surface area contributed by atoms with Gasteiger partial charge in [-0.25, -0.2) is 0 Å². The van der Waals surface area contributed by atoms with Crippen molar-refractivity contribution >= 4 is 0 Å². The SMILES string of the molecule is CC(N[C@@H](C)c1ccco1)c1cccc(C#N)c1. The monoisotopic (exact) mass is 240 g/mol. The van der Waals surface area contributed by atoms with Crippen molar-refractivity contribution in [2.24, 2.45) is 0 Å². The second-order valence-electron chi connectivity index (χ2n) is 4.36. The first kappa shape index (κ1) is 12.4. The lowest BCUT2D eigenvalue weighted by Crippen LogP contribution is -2.22. The molecule has 2 atom stereocenters. The van der Waals surface area contributed by atoms with Crippen molar-refractivity contribution in [1.82, 2.24) is 5.32 Å². The minimum Gasteiger partial charge on any atom is -0.468 e. The fourth-order valence-corrected chi connectivity index (χ4v) is 1.97. The molecule has 1 aromatic heterocycles. The number of hydrogen-bond donors (Lipinski definition) is 1. The molecular formula is C15H16N2O. The summed E-state index contributed by atoms with van der Waals surface area (Å²) in [5.74, 6) is 0.915. The van der Waals surface area contributed by atoms with Crippen LogP contribution in [0.2, 0.25) is 0 Å². The summed E-state index contributed by atoms with van der Waals surface area (Å²) in [7, 11) is 0. The van der Waals surface area contributed by atoms with Gasteiger partial charge in [-0.2, -0.15) is 5.26 Å². The predicted molar refractivity (Wildman–Crippen MR) is 69.8 cm³/mol. The maximum atomic E-state index is 8.89. The third kappa shape index (κ3) is 2.79. The van der Waals surface area contributed by atoms with Gasteiger partial charge in [-0.05, 0) is 43.7 Å². The minimum atomic E-state index is 0.140. The summed E-state index contributed by atoms with van der Waals surface area (Å²) in [4.78, 5) is 0. The molecule has 0 saturated carbocycles. The van der Waals surface area contributed by atoms with Crippen LogP contribution in [0.5, 0.6) is 0 Å². The van der Waals surface area contributed by atoms with E-state index in [2.05, 4.69) is 25.2 Å². The van der Waals surface area contributed by atoms with Crippen molar-refractivity contribution in [3.63, 3.8) is 0 Å². The van der Waals surface area contributed by atoms with Crippen molar-refractivity contribution in [1.29, 1.82) is 5.26 Å². The molecular weight excluding hydrogens is 224 g/mol. The molecule has 1 heterocycles. The lowest BCUT2D eigenvalue weighted by Gasteiger charge is -2.19. The number of benzene rings is 1. The largest absolute Gasteiger partial charge is 0.468 e. The van der Waals surface area contributed by atoms with Crippen LogP contribution in [0, 0.1) is 11.3 Å². The van der Waals surface area contributed by atoms with Crippen molar-refractivity contribution < 1.29 is 4.42 Å². The first-order valence-electron chi connectivity index (χ1n) is 6.00. The molecule has 0 aliphatic rings. The molecule has 18 heavy (non-hydrogen) atoms. The highest BCUT2D eigenvalue weighted by Crippen LogP contribution is 2.20. The maximum absolute atomic E-state index is 8.89. The molecule has 0 saturated heterocycles. The molecule has 0 amide bonds. The first-order valence-corrected chi connectivity index (χ1v) is 6.00. The zero-order valence-corrected chi connectivity index (χ0v) is 10.6. The molecule has 3 nitrogen and oxygen atoms in total. The van der Waals surface area contributed by atoms with Crippen molar-refractivity contribution in [2.75, 3.05) is 0 Å². The quantitative estimate of drug-likeness (QED) is 0.888. The zero-order valence-electron chi connectivity index (χ0n) is 10.6. The molecule has 0 aliphatic carbocycles. The van der Waals surface area contributed by atoms with E-state index >= 15 is 0 Å². The van der Waals surface area contributed by atoms with Gasteiger partial charge in [0.05, 0.1) is 23.9 Å². The third-order valence-electron chi connectivity index (χ3n) is 2.99. The summed E-state index contributed by atoms with van der Waals surface area (Å²) < 4.78 is 5.36. The van der Waals surface area contributed by atoms with Gasteiger partial charge >= 0.3 is 0 Å². The smallest absolute Gasteiger partial charge is 0.120 e. The van der Waals surface area contributed by atoms with Gasteiger partial charge in [-0.1, -0.05) is 12.1 Å². The number of nitrogens with zero attached hydrogens (tertiary/aromatic N) is 1. The van der Waals surface area contributed by atoms with Gasteiger partial charge in [0.2, 0.25) is 0 Å². The van der Waals surface area contributed by atoms with Gasteiger partial charge in [0, 0.05) is 6.04 Å². The number of nitriles is 1. The van der Waals surface area contributed by atoms with E-state index in [-0.39, 0.29) is 12.1 Å². The zero-order chi connectivity index (χ0) is 13.0. The standard InChI is InChI=1S/C15H16N2O/c1-11(14-6-3-5-13(9-14)10-16)17-12(2)15-7-4-8-18-15/h3-9,11-12,17H,1-2H3/t11?,12-/m0/s1. The van der Waals surface area contributed by atoms with Crippen LogP contribution in [-0.4, -0.2) is 0 Å². The first-order chi connectivity index (χ1) is 8.70. The van der Waals surface area contributed by atoms with Crippen LogP contribution in [0.25, 0.3) is 0 Å². The van der Waals surface area contributed by atoms with Crippen LogP contribution < -0.4 is 5.32 Å². The Labute approximate surface area is 107 Å². The molecule has 0 spiro atoms. The average Bonchev–Trinajstić information content (AvgIpc) is 2.92. The minimum absolute atomic E-state index is 0.140. The second-order valence-corrected chi connectivity index (χ2v) is 4.36. The number of nitrogens with one attached hydrogen (secondary N) is 1. The summed E-state index contributed by atoms with van der Waals surface area (Å²) in [6, 6.07) is 13.9. The molecule has 2 aromatic rings. The van der Waals surface area contributed by atoms with E-state index in [0.29, 0.717) is 5.56 Å². The highest BCUT2D eigenvalue weighted by atomic mass is 16.3. The van der Waals surface area contributed by atoms with Crippen molar-refractivity contribution in [2.45, 2.75) is 25.9 Å². The van der Waals surface area contributed by atoms with E-state index in [4.69, 9.17) is 9.68 Å². The summed E-state index contributed by atoms with van der Waals surface area (Å²) in [5, 5.41) is 12.3. The molecule has 0 fully saturated rings. The van der Waals surface area contributed by atoms with Crippen LogP contribution in [-0.2, 0) is 0 Å². The molecule has 0 aliphatic heterocycles. The van der Waals surface area contributed by atoms with Gasteiger partial charge in [0.1, 0.15) is 5.76 Å². The van der Waals surface area contributed by atoms with Gasteiger partial charge in [0.25, 0.3) is 0 Å². The Morgan fingerprint density at radius 3 is 2.67 bits per heavy atom. The topological polar surface area (TPSA) is 49.0 Å². The Morgan fingerprint density at radius 1 is 1.17 bits per heavy atom. The van der Waals surface area contributed by atoms with E-state index < -0.39 is 0 Å². The van der Waals surface area contributed by atoms with Crippen LogP contribution in [0.3, 0.4) is 0 Å². The van der Waals surface area contributed by atoms with E-state index in [1.165, 1.54) is 0 Å². The third-order valence-corrected chi connectivity index (χ3v) is 2.99. The van der Waals surface area contributed by atoms with Crippen LogP contribution in [0.4, 0.5) is 0 Å². The molecule has 1 aromatic carbocycles. The Kier molecular flexibility index (Phi) is 3.81. The van der Waals surface area contributed by atoms with Crippen molar-refractivity contribution in [3.05, 3.63) is 59.5 Å². The van der Waals surface area contributed by atoms with Gasteiger partial charge in [0.15, 0.2) is 0 Å². The molecule has 1 unspecified atom stereocenters.